The molecular formula is C24H22N2O5S. The quantitative estimate of drug-likeness (QED) is 0.604. The van der Waals surface area contributed by atoms with Crippen molar-refractivity contribution >= 4 is 23.4 Å². The summed E-state index contributed by atoms with van der Waals surface area (Å²) in [5, 5.41) is 10.2. The van der Waals surface area contributed by atoms with Crippen molar-refractivity contribution in [2.24, 2.45) is 4.99 Å². The van der Waals surface area contributed by atoms with Crippen molar-refractivity contribution in [2.45, 2.75) is 19.9 Å². The van der Waals surface area contributed by atoms with E-state index in [-0.39, 0.29) is 17.9 Å². The molecule has 0 fully saturated rings. The minimum absolute atomic E-state index is 0.0274. The van der Waals surface area contributed by atoms with Gasteiger partial charge in [0.05, 0.1) is 35.6 Å². The topological polar surface area (TPSA) is 90.1 Å². The second-order valence-corrected chi connectivity index (χ2v) is 8.15. The maximum Gasteiger partial charge on any atom is 0.338 e. The molecular weight excluding hydrogens is 428 g/mol. The average Bonchev–Trinajstić information content (AvgIpc) is 3.09. The second-order valence-electron chi connectivity index (χ2n) is 7.14. The normalized spacial score (nSPS) is 15.8. The van der Waals surface area contributed by atoms with Crippen molar-refractivity contribution in [1.82, 2.24) is 4.57 Å². The Morgan fingerprint density at radius 1 is 1.25 bits per heavy atom. The zero-order valence-corrected chi connectivity index (χ0v) is 18.7. The molecule has 32 heavy (non-hydrogen) atoms. The number of esters is 1. The molecule has 1 N–H and O–H groups in total. The molecule has 0 radical (unpaired) electrons. The largest absolute Gasteiger partial charge is 0.507 e. The lowest BCUT2D eigenvalue weighted by Crippen LogP contribution is -2.39. The first-order chi connectivity index (χ1) is 15.4. The Morgan fingerprint density at radius 3 is 2.69 bits per heavy atom. The van der Waals surface area contributed by atoms with Crippen LogP contribution in [-0.2, 0) is 9.53 Å². The molecule has 1 aromatic heterocycles. The summed E-state index contributed by atoms with van der Waals surface area (Å²) in [6.45, 7) is 3.70. The van der Waals surface area contributed by atoms with E-state index in [0.29, 0.717) is 31.9 Å². The predicted octanol–water partition coefficient (Wildman–Crippen LogP) is 2.51. The van der Waals surface area contributed by atoms with Gasteiger partial charge in [-0.1, -0.05) is 41.7 Å². The third-order valence-corrected chi connectivity index (χ3v) is 6.14. The number of aromatic nitrogens is 1. The highest BCUT2D eigenvalue weighted by Crippen LogP contribution is 2.30. The fourth-order valence-electron chi connectivity index (χ4n) is 3.66. The van der Waals surface area contributed by atoms with Gasteiger partial charge in [0.15, 0.2) is 4.80 Å². The van der Waals surface area contributed by atoms with E-state index in [9.17, 15) is 14.7 Å². The van der Waals surface area contributed by atoms with Gasteiger partial charge in [0.2, 0.25) is 0 Å². The molecule has 0 unspecified atom stereocenters. The van der Waals surface area contributed by atoms with E-state index in [1.807, 2.05) is 30.3 Å². The number of phenols is 1. The van der Waals surface area contributed by atoms with Gasteiger partial charge in [-0.25, -0.2) is 9.79 Å². The zero-order valence-electron chi connectivity index (χ0n) is 17.9. The van der Waals surface area contributed by atoms with E-state index in [1.54, 1.807) is 32.1 Å². The van der Waals surface area contributed by atoms with E-state index in [2.05, 4.69) is 4.99 Å². The number of aromatic hydroxyl groups is 1. The molecule has 0 aliphatic carbocycles. The number of hydrogen-bond acceptors (Lipinski definition) is 7. The molecule has 2 aromatic carbocycles. The van der Waals surface area contributed by atoms with Gasteiger partial charge in [0.25, 0.3) is 5.56 Å². The summed E-state index contributed by atoms with van der Waals surface area (Å²) < 4.78 is 12.4. The van der Waals surface area contributed by atoms with Crippen LogP contribution in [0.1, 0.15) is 31.0 Å². The molecule has 0 saturated carbocycles. The number of allylic oxidation sites excluding steroid dienone is 1. The molecule has 0 bridgehead atoms. The third-order valence-electron chi connectivity index (χ3n) is 5.15. The van der Waals surface area contributed by atoms with E-state index in [0.717, 1.165) is 5.56 Å². The first-order valence-corrected chi connectivity index (χ1v) is 10.9. The first kappa shape index (κ1) is 21.6. The lowest BCUT2D eigenvalue weighted by Gasteiger charge is -2.24. The molecule has 0 amide bonds. The Kier molecular flexibility index (Phi) is 5.96. The first-order valence-electron chi connectivity index (χ1n) is 10.1. The number of fused-ring (bicyclic) bond motifs is 1. The van der Waals surface area contributed by atoms with Gasteiger partial charge >= 0.3 is 5.97 Å². The summed E-state index contributed by atoms with van der Waals surface area (Å²) >= 11 is 1.20. The van der Waals surface area contributed by atoms with E-state index in [4.69, 9.17) is 9.47 Å². The van der Waals surface area contributed by atoms with E-state index < -0.39 is 12.0 Å². The van der Waals surface area contributed by atoms with Gasteiger partial charge in [-0.05, 0) is 43.7 Å². The number of ether oxygens (including phenoxy) is 2. The van der Waals surface area contributed by atoms with Crippen LogP contribution in [0.25, 0.3) is 6.08 Å². The minimum atomic E-state index is -0.660. The molecule has 164 valence electrons. The number of benzene rings is 2. The molecule has 1 atom stereocenters. The summed E-state index contributed by atoms with van der Waals surface area (Å²) in [4.78, 5) is 31.3. The van der Waals surface area contributed by atoms with Crippen molar-refractivity contribution in [1.29, 1.82) is 0 Å². The number of nitrogens with zero attached hydrogens (tertiary/aromatic N) is 2. The van der Waals surface area contributed by atoms with Crippen LogP contribution in [-0.4, -0.2) is 29.4 Å². The van der Waals surface area contributed by atoms with Gasteiger partial charge in [-0.15, -0.1) is 0 Å². The maximum atomic E-state index is 13.5. The van der Waals surface area contributed by atoms with Gasteiger partial charge in [-0.2, -0.15) is 0 Å². The number of methoxy groups -OCH3 is 1. The smallest absolute Gasteiger partial charge is 0.338 e. The summed E-state index contributed by atoms with van der Waals surface area (Å²) in [5.41, 5.74) is 1.77. The van der Waals surface area contributed by atoms with Crippen LogP contribution in [0.2, 0.25) is 0 Å². The molecule has 0 spiro atoms. The average molecular weight is 451 g/mol. The second kappa shape index (κ2) is 8.84. The molecule has 8 heteroatoms. The van der Waals surface area contributed by atoms with Crippen LogP contribution in [0.15, 0.2) is 69.6 Å². The van der Waals surface area contributed by atoms with Gasteiger partial charge in [-0.3, -0.25) is 9.36 Å². The number of carbonyl (C=O) groups excluding carboxylic acids is 1. The number of hydrogen-bond donors (Lipinski definition) is 1. The summed E-state index contributed by atoms with van der Waals surface area (Å²) in [6, 6.07) is 13.5. The number of rotatable bonds is 5. The molecule has 1 aliphatic heterocycles. The van der Waals surface area contributed by atoms with Crippen molar-refractivity contribution < 1.29 is 19.4 Å². The Labute approximate surface area is 188 Å². The molecule has 3 aromatic rings. The number of phenolic OH excluding ortho intramolecular Hbond substituents is 1. The van der Waals surface area contributed by atoms with Crippen LogP contribution in [0.5, 0.6) is 11.5 Å². The Balaban J connectivity index is 1.96. The van der Waals surface area contributed by atoms with Crippen molar-refractivity contribution in [2.75, 3.05) is 13.7 Å². The number of thiazole rings is 1. The van der Waals surface area contributed by atoms with E-state index >= 15 is 0 Å². The highest BCUT2D eigenvalue weighted by molar-refractivity contribution is 7.07. The summed E-state index contributed by atoms with van der Waals surface area (Å²) in [6.07, 6.45) is 1.60. The molecule has 7 nitrogen and oxygen atoms in total. The fraction of sp³-hybridized carbons (Fsp3) is 0.208. The van der Waals surface area contributed by atoms with Crippen LogP contribution in [0.4, 0.5) is 0 Å². The van der Waals surface area contributed by atoms with Crippen molar-refractivity contribution in [3.8, 4) is 11.5 Å². The third kappa shape index (κ3) is 3.85. The number of carbonyl (C=O) groups is 1. The maximum absolute atomic E-state index is 13.5. The highest BCUT2D eigenvalue weighted by atomic mass is 32.1. The summed E-state index contributed by atoms with van der Waals surface area (Å²) in [5.74, 6) is 0.0893. The lowest BCUT2D eigenvalue weighted by atomic mass is 9.96. The fourth-order valence-corrected chi connectivity index (χ4v) is 4.70. The molecule has 1 aliphatic rings. The standard InChI is InChI=1S/C24H22N2O5S/c1-4-31-23(29)20-14(2)25-24-26(21(20)15-8-6-5-7-9-15)22(28)19(32-24)13-16-12-17(30-3)10-11-18(16)27/h5-13,21,27H,4H2,1-3H3/b19-13+/t21-/m0/s1. The molecule has 2 heterocycles. The monoisotopic (exact) mass is 450 g/mol. The van der Waals surface area contributed by atoms with Crippen LogP contribution < -0.4 is 19.6 Å². The minimum Gasteiger partial charge on any atom is -0.507 e. The van der Waals surface area contributed by atoms with Gasteiger partial charge in [0.1, 0.15) is 11.5 Å². The Bertz CT molecular complexity index is 1390. The SMILES string of the molecule is CCOC(=O)C1=C(C)N=c2s/c(=C/c3cc(OC)ccc3O)c(=O)n2[C@H]1c1ccccc1. The molecule has 0 saturated heterocycles. The predicted molar refractivity (Wildman–Crippen MR) is 121 cm³/mol. The lowest BCUT2D eigenvalue weighted by molar-refractivity contribution is -0.139. The van der Waals surface area contributed by atoms with Crippen LogP contribution in [0, 0.1) is 0 Å². The molecule has 4 rings (SSSR count). The zero-order chi connectivity index (χ0) is 22.8. The van der Waals surface area contributed by atoms with Crippen LogP contribution in [0.3, 0.4) is 0 Å². The van der Waals surface area contributed by atoms with Crippen LogP contribution >= 0.6 is 11.3 Å². The summed E-state index contributed by atoms with van der Waals surface area (Å²) in [7, 11) is 1.53. The van der Waals surface area contributed by atoms with Crippen molar-refractivity contribution in [3.05, 3.63) is 90.6 Å². The van der Waals surface area contributed by atoms with Gasteiger partial charge < -0.3 is 14.6 Å². The van der Waals surface area contributed by atoms with Gasteiger partial charge in [0, 0.05) is 5.56 Å². The highest BCUT2D eigenvalue weighted by Gasteiger charge is 2.33. The van der Waals surface area contributed by atoms with Crippen molar-refractivity contribution in [3.63, 3.8) is 0 Å². The Morgan fingerprint density at radius 2 is 2.00 bits per heavy atom. The Hall–Kier alpha value is -3.65. The van der Waals surface area contributed by atoms with E-state index in [1.165, 1.54) is 29.1 Å².